The van der Waals surface area contributed by atoms with Crippen LogP contribution >= 0.6 is 15.9 Å². The largest absolute Gasteiger partial charge is 0.491 e. The molecule has 0 aliphatic carbocycles. The molecule has 14 heavy (non-hydrogen) atoms. The molecule has 1 rings (SSSR count). The second kappa shape index (κ2) is 6.07. The van der Waals surface area contributed by atoms with Crippen LogP contribution in [0.1, 0.15) is 32.3 Å². The molecule has 0 heterocycles. The molecule has 1 atom stereocenters. The van der Waals surface area contributed by atoms with E-state index in [2.05, 4.69) is 41.9 Å². The Morgan fingerprint density at radius 3 is 2.86 bits per heavy atom. The van der Waals surface area contributed by atoms with Crippen LogP contribution in [-0.2, 0) is 5.33 Å². The zero-order valence-electron chi connectivity index (χ0n) is 8.79. The average Bonchev–Trinajstić information content (AvgIpc) is 2.18. The summed E-state index contributed by atoms with van der Waals surface area (Å²) in [5.41, 5.74) is 1.26. The maximum atomic E-state index is 5.78. The molecule has 0 aliphatic heterocycles. The lowest BCUT2D eigenvalue weighted by atomic mass is 10.2. The number of ether oxygens (including phenoxy) is 1. The van der Waals surface area contributed by atoms with Gasteiger partial charge in [-0.05, 0) is 31.0 Å². The summed E-state index contributed by atoms with van der Waals surface area (Å²) in [5.74, 6) is 0.975. The van der Waals surface area contributed by atoms with Crippen molar-refractivity contribution in [2.24, 2.45) is 0 Å². The van der Waals surface area contributed by atoms with Gasteiger partial charge in [0.25, 0.3) is 0 Å². The van der Waals surface area contributed by atoms with Gasteiger partial charge in [-0.2, -0.15) is 0 Å². The molecule has 0 fully saturated rings. The van der Waals surface area contributed by atoms with E-state index in [-0.39, 0.29) is 0 Å². The Morgan fingerprint density at radius 1 is 1.43 bits per heavy atom. The number of halogens is 1. The molecule has 0 saturated carbocycles. The third kappa shape index (κ3) is 3.70. The van der Waals surface area contributed by atoms with E-state index >= 15 is 0 Å². The topological polar surface area (TPSA) is 9.23 Å². The molecular weight excluding hydrogens is 240 g/mol. The van der Waals surface area contributed by atoms with E-state index in [0.29, 0.717) is 6.10 Å². The van der Waals surface area contributed by atoms with Crippen LogP contribution in [0.2, 0.25) is 0 Å². The van der Waals surface area contributed by atoms with Gasteiger partial charge in [0.1, 0.15) is 5.75 Å². The zero-order chi connectivity index (χ0) is 10.4. The molecule has 2 heteroatoms. The lowest BCUT2D eigenvalue weighted by Crippen LogP contribution is -2.10. The van der Waals surface area contributed by atoms with Crippen molar-refractivity contribution in [2.75, 3.05) is 0 Å². The van der Waals surface area contributed by atoms with Gasteiger partial charge < -0.3 is 4.74 Å². The maximum absolute atomic E-state index is 5.78. The first-order valence-corrected chi connectivity index (χ1v) is 6.20. The number of alkyl halides is 1. The lowest BCUT2D eigenvalue weighted by Gasteiger charge is -2.14. The number of benzene rings is 1. The molecule has 1 unspecified atom stereocenters. The molecule has 1 nitrogen and oxygen atoms in total. The van der Waals surface area contributed by atoms with Gasteiger partial charge in [-0.25, -0.2) is 0 Å². The van der Waals surface area contributed by atoms with E-state index in [1.54, 1.807) is 0 Å². The summed E-state index contributed by atoms with van der Waals surface area (Å²) in [6.07, 6.45) is 2.59. The second-order valence-electron chi connectivity index (χ2n) is 3.50. The van der Waals surface area contributed by atoms with Crippen LogP contribution in [0.4, 0.5) is 0 Å². The predicted molar refractivity (Wildman–Crippen MR) is 64.1 cm³/mol. The standard InChI is InChI=1S/C12H17BrO/c1-3-5-10(2)14-12-7-4-6-11(8-12)9-13/h4,6-8,10H,3,5,9H2,1-2H3. The molecule has 1 aromatic rings. The molecule has 0 aliphatic rings. The smallest absolute Gasteiger partial charge is 0.120 e. The van der Waals surface area contributed by atoms with Crippen molar-refractivity contribution < 1.29 is 4.74 Å². The molecule has 0 N–H and O–H groups in total. The van der Waals surface area contributed by atoms with E-state index in [9.17, 15) is 0 Å². The van der Waals surface area contributed by atoms with Gasteiger partial charge in [0.15, 0.2) is 0 Å². The van der Waals surface area contributed by atoms with E-state index in [1.807, 2.05) is 12.1 Å². The molecule has 0 spiro atoms. The summed E-state index contributed by atoms with van der Waals surface area (Å²) in [5, 5.41) is 0.881. The van der Waals surface area contributed by atoms with Crippen LogP contribution < -0.4 is 4.74 Å². The summed E-state index contributed by atoms with van der Waals surface area (Å²) < 4.78 is 5.78. The Labute approximate surface area is 94.6 Å². The molecule has 1 aromatic carbocycles. The third-order valence-corrected chi connectivity index (χ3v) is 2.73. The normalized spacial score (nSPS) is 12.5. The highest BCUT2D eigenvalue weighted by molar-refractivity contribution is 9.08. The summed E-state index contributed by atoms with van der Waals surface area (Å²) in [6.45, 7) is 4.29. The predicted octanol–water partition coefficient (Wildman–Crippen LogP) is 4.15. The molecule has 0 amide bonds. The Morgan fingerprint density at radius 2 is 2.21 bits per heavy atom. The van der Waals surface area contributed by atoms with Gasteiger partial charge in [0.05, 0.1) is 6.10 Å². The Bertz CT molecular complexity index is 273. The SMILES string of the molecule is CCCC(C)Oc1cccc(CBr)c1. The average molecular weight is 257 g/mol. The van der Waals surface area contributed by atoms with E-state index < -0.39 is 0 Å². The van der Waals surface area contributed by atoms with Crippen molar-refractivity contribution in [2.45, 2.75) is 38.1 Å². The first kappa shape index (κ1) is 11.6. The van der Waals surface area contributed by atoms with E-state index in [4.69, 9.17) is 4.74 Å². The van der Waals surface area contributed by atoms with Crippen LogP contribution in [0.15, 0.2) is 24.3 Å². The molecule has 0 bridgehead atoms. The highest BCUT2D eigenvalue weighted by Crippen LogP contribution is 2.17. The van der Waals surface area contributed by atoms with Gasteiger partial charge in [-0.3, -0.25) is 0 Å². The Kier molecular flexibility index (Phi) is 5.02. The minimum Gasteiger partial charge on any atom is -0.491 e. The fourth-order valence-corrected chi connectivity index (χ4v) is 1.75. The van der Waals surface area contributed by atoms with Gasteiger partial charge in [0.2, 0.25) is 0 Å². The summed E-state index contributed by atoms with van der Waals surface area (Å²) in [4.78, 5) is 0. The van der Waals surface area contributed by atoms with Crippen molar-refractivity contribution >= 4 is 15.9 Å². The molecule has 0 saturated heterocycles. The number of rotatable bonds is 5. The van der Waals surface area contributed by atoms with E-state index in [1.165, 1.54) is 12.0 Å². The van der Waals surface area contributed by atoms with Crippen LogP contribution in [-0.4, -0.2) is 6.10 Å². The van der Waals surface area contributed by atoms with Gasteiger partial charge in [-0.15, -0.1) is 0 Å². The van der Waals surface area contributed by atoms with Crippen molar-refractivity contribution in [1.29, 1.82) is 0 Å². The first-order valence-electron chi connectivity index (χ1n) is 5.07. The van der Waals surface area contributed by atoms with Crippen molar-refractivity contribution in [1.82, 2.24) is 0 Å². The fraction of sp³-hybridized carbons (Fsp3) is 0.500. The van der Waals surface area contributed by atoms with Gasteiger partial charge in [0, 0.05) is 5.33 Å². The number of hydrogen-bond acceptors (Lipinski definition) is 1. The zero-order valence-corrected chi connectivity index (χ0v) is 10.4. The highest BCUT2D eigenvalue weighted by Gasteiger charge is 2.02. The summed E-state index contributed by atoms with van der Waals surface area (Å²) in [7, 11) is 0. The van der Waals surface area contributed by atoms with Crippen molar-refractivity contribution in [3.63, 3.8) is 0 Å². The van der Waals surface area contributed by atoms with Gasteiger partial charge >= 0.3 is 0 Å². The first-order chi connectivity index (χ1) is 6.76. The van der Waals surface area contributed by atoms with Crippen LogP contribution in [0.3, 0.4) is 0 Å². The second-order valence-corrected chi connectivity index (χ2v) is 4.06. The molecule has 78 valence electrons. The van der Waals surface area contributed by atoms with E-state index in [0.717, 1.165) is 17.5 Å². The van der Waals surface area contributed by atoms with Crippen LogP contribution in [0.25, 0.3) is 0 Å². The molecule has 0 aromatic heterocycles. The Balaban J connectivity index is 2.57. The highest BCUT2D eigenvalue weighted by atomic mass is 79.9. The minimum absolute atomic E-state index is 0.311. The summed E-state index contributed by atoms with van der Waals surface area (Å²) in [6, 6.07) is 8.22. The summed E-state index contributed by atoms with van der Waals surface area (Å²) >= 11 is 3.43. The van der Waals surface area contributed by atoms with Gasteiger partial charge in [-0.1, -0.05) is 41.4 Å². The number of hydrogen-bond donors (Lipinski definition) is 0. The molecular formula is C12H17BrO. The fourth-order valence-electron chi connectivity index (χ4n) is 1.40. The van der Waals surface area contributed by atoms with Crippen molar-refractivity contribution in [3.05, 3.63) is 29.8 Å². The third-order valence-electron chi connectivity index (χ3n) is 2.09. The van der Waals surface area contributed by atoms with Crippen LogP contribution in [0, 0.1) is 0 Å². The monoisotopic (exact) mass is 256 g/mol. The molecule has 0 radical (unpaired) electrons. The van der Waals surface area contributed by atoms with Crippen LogP contribution in [0.5, 0.6) is 5.75 Å². The maximum Gasteiger partial charge on any atom is 0.120 e. The quantitative estimate of drug-likeness (QED) is 0.720. The minimum atomic E-state index is 0.311. The van der Waals surface area contributed by atoms with Crippen molar-refractivity contribution in [3.8, 4) is 5.75 Å². The lowest BCUT2D eigenvalue weighted by molar-refractivity contribution is 0.210. The Hall–Kier alpha value is -0.500.